The van der Waals surface area contributed by atoms with E-state index in [1.807, 2.05) is 23.1 Å². The van der Waals surface area contributed by atoms with Crippen molar-refractivity contribution in [3.05, 3.63) is 29.8 Å². The molecule has 2 heterocycles. The number of carbonyl (C=O) groups is 1. The van der Waals surface area contributed by atoms with Crippen molar-refractivity contribution >= 4 is 5.91 Å². The fourth-order valence-corrected chi connectivity index (χ4v) is 3.64. The molecule has 0 spiro atoms. The summed E-state index contributed by atoms with van der Waals surface area (Å²) in [6.45, 7) is 8.47. The van der Waals surface area contributed by atoms with E-state index in [2.05, 4.69) is 29.8 Å². The van der Waals surface area contributed by atoms with Crippen molar-refractivity contribution in [1.29, 1.82) is 0 Å². The fourth-order valence-electron chi connectivity index (χ4n) is 3.64. The zero-order valence-electron chi connectivity index (χ0n) is 15.6. The Morgan fingerprint density at radius 1 is 1.08 bits per heavy atom. The molecule has 0 bridgehead atoms. The van der Waals surface area contributed by atoms with E-state index in [4.69, 9.17) is 4.74 Å². The minimum Gasteiger partial charge on any atom is -0.490 e. The molecule has 0 aliphatic carbocycles. The fraction of sp³-hybridized carbons (Fsp3) is 0.650. The van der Waals surface area contributed by atoms with Crippen molar-refractivity contribution in [1.82, 2.24) is 14.7 Å². The second kappa shape index (κ2) is 8.68. The van der Waals surface area contributed by atoms with E-state index in [9.17, 15) is 4.79 Å². The third kappa shape index (κ3) is 5.19. The summed E-state index contributed by atoms with van der Waals surface area (Å²) in [5, 5.41) is 0. The van der Waals surface area contributed by atoms with Gasteiger partial charge in [0.25, 0.3) is 0 Å². The number of aryl methyl sites for hydroxylation is 1. The van der Waals surface area contributed by atoms with Crippen LogP contribution in [0.15, 0.2) is 24.3 Å². The number of hydrogen-bond donors (Lipinski definition) is 0. The van der Waals surface area contributed by atoms with Gasteiger partial charge in [0.15, 0.2) is 0 Å². The summed E-state index contributed by atoms with van der Waals surface area (Å²) in [6, 6.07) is 8.15. The molecule has 2 aliphatic heterocycles. The largest absolute Gasteiger partial charge is 0.490 e. The van der Waals surface area contributed by atoms with Gasteiger partial charge >= 0.3 is 0 Å². The predicted octanol–water partition coefficient (Wildman–Crippen LogP) is 2.00. The summed E-state index contributed by atoms with van der Waals surface area (Å²) >= 11 is 0. The SMILES string of the molecule is Cc1ccccc1OC1CCN(C(=O)CN2CCCN(C)CC2)CC1. The van der Waals surface area contributed by atoms with Crippen molar-refractivity contribution in [2.75, 3.05) is 52.9 Å². The molecule has 0 radical (unpaired) electrons. The van der Waals surface area contributed by atoms with Crippen LogP contribution in [0.25, 0.3) is 0 Å². The Balaban J connectivity index is 1.44. The summed E-state index contributed by atoms with van der Waals surface area (Å²) in [5.74, 6) is 1.25. The molecule has 1 aromatic rings. The topological polar surface area (TPSA) is 36.0 Å². The Bertz CT molecular complexity index is 570. The zero-order valence-corrected chi connectivity index (χ0v) is 15.6. The van der Waals surface area contributed by atoms with Gasteiger partial charge in [-0.2, -0.15) is 0 Å². The Labute approximate surface area is 151 Å². The minimum atomic E-state index is 0.219. The van der Waals surface area contributed by atoms with Crippen LogP contribution in [-0.2, 0) is 4.79 Å². The molecule has 2 fully saturated rings. The van der Waals surface area contributed by atoms with Crippen molar-refractivity contribution in [2.45, 2.75) is 32.3 Å². The molecular weight excluding hydrogens is 314 g/mol. The van der Waals surface area contributed by atoms with E-state index in [-0.39, 0.29) is 12.0 Å². The van der Waals surface area contributed by atoms with Gasteiger partial charge in [-0.05, 0) is 45.1 Å². The van der Waals surface area contributed by atoms with Crippen LogP contribution in [0.1, 0.15) is 24.8 Å². The minimum absolute atomic E-state index is 0.219. The average Bonchev–Trinajstić information content (AvgIpc) is 2.82. The van der Waals surface area contributed by atoms with Gasteiger partial charge in [0.2, 0.25) is 5.91 Å². The molecule has 1 aromatic carbocycles. The molecule has 0 atom stereocenters. The van der Waals surface area contributed by atoms with Crippen molar-refractivity contribution in [3.63, 3.8) is 0 Å². The molecular formula is C20H31N3O2. The van der Waals surface area contributed by atoms with Crippen LogP contribution < -0.4 is 4.74 Å². The Morgan fingerprint density at radius 2 is 1.84 bits per heavy atom. The van der Waals surface area contributed by atoms with E-state index < -0.39 is 0 Å². The first-order valence-electron chi connectivity index (χ1n) is 9.53. The Morgan fingerprint density at radius 3 is 2.60 bits per heavy atom. The van der Waals surface area contributed by atoms with E-state index in [0.29, 0.717) is 6.54 Å². The first kappa shape index (κ1) is 18.2. The van der Waals surface area contributed by atoms with Gasteiger partial charge in [0.1, 0.15) is 11.9 Å². The molecule has 1 amide bonds. The molecule has 0 N–H and O–H groups in total. The molecule has 0 unspecified atom stereocenters. The van der Waals surface area contributed by atoms with Gasteiger partial charge in [-0.3, -0.25) is 9.69 Å². The van der Waals surface area contributed by atoms with Crippen molar-refractivity contribution < 1.29 is 9.53 Å². The highest BCUT2D eigenvalue weighted by atomic mass is 16.5. The van der Waals surface area contributed by atoms with Crippen molar-refractivity contribution in [2.24, 2.45) is 0 Å². The molecule has 25 heavy (non-hydrogen) atoms. The number of likely N-dealkylation sites (N-methyl/N-ethyl adjacent to an activating group) is 1. The third-order valence-electron chi connectivity index (χ3n) is 5.35. The summed E-state index contributed by atoms with van der Waals surface area (Å²) in [6.07, 6.45) is 3.21. The highest BCUT2D eigenvalue weighted by molar-refractivity contribution is 5.78. The lowest BCUT2D eigenvalue weighted by atomic mass is 10.1. The lowest BCUT2D eigenvalue weighted by Gasteiger charge is -2.33. The summed E-state index contributed by atoms with van der Waals surface area (Å²) in [7, 11) is 2.16. The van der Waals surface area contributed by atoms with Gasteiger partial charge in [-0.15, -0.1) is 0 Å². The highest BCUT2D eigenvalue weighted by Crippen LogP contribution is 2.22. The lowest BCUT2D eigenvalue weighted by molar-refractivity contribution is -0.134. The highest BCUT2D eigenvalue weighted by Gasteiger charge is 2.25. The van der Waals surface area contributed by atoms with Crippen molar-refractivity contribution in [3.8, 4) is 5.75 Å². The number of hydrogen-bond acceptors (Lipinski definition) is 4. The number of carbonyl (C=O) groups excluding carboxylic acids is 1. The number of amides is 1. The van der Waals surface area contributed by atoms with E-state index in [1.165, 1.54) is 5.56 Å². The van der Waals surface area contributed by atoms with Crippen LogP contribution >= 0.6 is 0 Å². The average molecular weight is 345 g/mol. The number of likely N-dealkylation sites (tertiary alicyclic amines) is 1. The maximum atomic E-state index is 12.6. The van der Waals surface area contributed by atoms with Crippen LogP contribution in [0.4, 0.5) is 0 Å². The summed E-state index contributed by atoms with van der Waals surface area (Å²) < 4.78 is 6.14. The van der Waals surface area contributed by atoms with Crippen LogP contribution in [0, 0.1) is 6.92 Å². The molecule has 3 rings (SSSR count). The van der Waals surface area contributed by atoms with Gasteiger partial charge < -0.3 is 14.5 Å². The molecule has 2 saturated heterocycles. The second-order valence-electron chi connectivity index (χ2n) is 7.40. The zero-order chi connectivity index (χ0) is 17.6. The number of ether oxygens (including phenoxy) is 1. The molecule has 5 heteroatoms. The summed E-state index contributed by atoms with van der Waals surface area (Å²) in [4.78, 5) is 19.3. The number of para-hydroxylation sites is 1. The maximum Gasteiger partial charge on any atom is 0.236 e. The lowest BCUT2D eigenvalue weighted by Crippen LogP contribution is -2.46. The molecule has 0 aromatic heterocycles. The van der Waals surface area contributed by atoms with Gasteiger partial charge in [0.05, 0.1) is 6.54 Å². The smallest absolute Gasteiger partial charge is 0.236 e. The molecule has 2 aliphatic rings. The number of benzene rings is 1. The first-order valence-corrected chi connectivity index (χ1v) is 9.53. The molecule has 0 saturated carbocycles. The normalized spacial score (nSPS) is 21.1. The van der Waals surface area contributed by atoms with E-state index in [0.717, 1.165) is 64.3 Å². The van der Waals surface area contributed by atoms with E-state index >= 15 is 0 Å². The first-order chi connectivity index (χ1) is 12.1. The van der Waals surface area contributed by atoms with Crippen LogP contribution in [-0.4, -0.2) is 79.6 Å². The Hall–Kier alpha value is -1.59. The van der Waals surface area contributed by atoms with Gasteiger partial charge in [-0.25, -0.2) is 0 Å². The second-order valence-corrected chi connectivity index (χ2v) is 7.40. The van der Waals surface area contributed by atoms with Crippen LogP contribution in [0.2, 0.25) is 0 Å². The van der Waals surface area contributed by atoms with E-state index in [1.54, 1.807) is 0 Å². The molecule has 5 nitrogen and oxygen atoms in total. The Kier molecular flexibility index (Phi) is 6.32. The summed E-state index contributed by atoms with van der Waals surface area (Å²) in [5.41, 5.74) is 1.17. The quantitative estimate of drug-likeness (QED) is 0.836. The monoisotopic (exact) mass is 345 g/mol. The standard InChI is InChI=1S/C20H31N3O2/c1-17-6-3-4-7-19(17)25-18-8-12-23(13-9-18)20(24)16-22-11-5-10-21(2)14-15-22/h3-4,6-7,18H,5,8-16H2,1-2H3. The number of nitrogens with zero attached hydrogens (tertiary/aromatic N) is 3. The maximum absolute atomic E-state index is 12.6. The van der Waals surface area contributed by atoms with Gasteiger partial charge in [-0.1, -0.05) is 18.2 Å². The third-order valence-corrected chi connectivity index (χ3v) is 5.35. The predicted molar refractivity (Wildman–Crippen MR) is 100.0 cm³/mol. The molecule has 138 valence electrons. The van der Waals surface area contributed by atoms with Crippen LogP contribution in [0.3, 0.4) is 0 Å². The van der Waals surface area contributed by atoms with Gasteiger partial charge in [0, 0.05) is 39.0 Å². The van der Waals surface area contributed by atoms with Crippen LogP contribution in [0.5, 0.6) is 5.75 Å². The number of piperidine rings is 1. The number of rotatable bonds is 4.